The molecule has 1 fully saturated rings. The standard InChI is InChI=1S/C10H14N2O6/c1-4-2-6(14)11-10(17)12(4)9-8(16)7(15)5(3-13)18-9/h2,5,7-9,13,15-16H,3H2,1H3,(H,11,14,17)/t5-,7?,8?,9?/m1/s1. The number of ether oxygens (including phenoxy) is 1. The molecule has 4 N–H and O–H groups in total. The van der Waals surface area contributed by atoms with Crippen LogP contribution in [0, 0.1) is 6.92 Å². The van der Waals surface area contributed by atoms with Gasteiger partial charge in [-0.25, -0.2) is 4.79 Å². The predicted octanol–water partition coefficient (Wildman–Crippen LogP) is -2.54. The van der Waals surface area contributed by atoms with Crippen molar-refractivity contribution >= 4 is 0 Å². The molecule has 8 nitrogen and oxygen atoms in total. The average Bonchev–Trinajstić information content (AvgIpc) is 2.56. The van der Waals surface area contributed by atoms with E-state index in [1.165, 1.54) is 13.0 Å². The molecular weight excluding hydrogens is 244 g/mol. The zero-order valence-corrected chi connectivity index (χ0v) is 9.61. The second-order valence-electron chi connectivity index (χ2n) is 4.18. The van der Waals surface area contributed by atoms with Crippen molar-refractivity contribution in [1.82, 2.24) is 9.55 Å². The summed E-state index contributed by atoms with van der Waals surface area (Å²) in [4.78, 5) is 24.8. The number of hydrogen-bond donors (Lipinski definition) is 4. The molecule has 4 atom stereocenters. The first-order chi connectivity index (χ1) is 8.45. The van der Waals surface area contributed by atoms with Crippen LogP contribution in [0.25, 0.3) is 0 Å². The van der Waals surface area contributed by atoms with Crippen molar-refractivity contribution in [3.05, 3.63) is 32.6 Å². The highest BCUT2D eigenvalue weighted by molar-refractivity contribution is 5.02. The van der Waals surface area contributed by atoms with Crippen molar-refractivity contribution in [2.24, 2.45) is 0 Å². The molecule has 2 rings (SSSR count). The van der Waals surface area contributed by atoms with Crippen LogP contribution in [0.4, 0.5) is 0 Å². The number of rotatable bonds is 2. The minimum atomic E-state index is -1.36. The molecule has 1 aromatic rings. The second kappa shape index (κ2) is 4.65. The summed E-state index contributed by atoms with van der Waals surface area (Å²) in [5.74, 6) is 0. The molecule has 2 heterocycles. The van der Waals surface area contributed by atoms with E-state index in [1.54, 1.807) is 0 Å². The lowest BCUT2D eigenvalue weighted by Crippen LogP contribution is -2.39. The van der Waals surface area contributed by atoms with Crippen molar-refractivity contribution in [2.75, 3.05) is 6.61 Å². The van der Waals surface area contributed by atoms with Crippen LogP contribution < -0.4 is 11.2 Å². The number of aliphatic hydroxyl groups is 3. The topological polar surface area (TPSA) is 125 Å². The lowest BCUT2D eigenvalue weighted by atomic mass is 10.1. The average molecular weight is 258 g/mol. The van der Waals surface area contributed by atoms with Gasteiger partial charge in [-0.2, -0.15) is 0 Å². The summed E-state index contributed by atoms with van der Waals surface area (Å²) in [6.07, 6.45) is -4.76. The highest BCUT2D eigenvalue weighted by Gasteiger charge is 2.44. The van der Waals surface area contributed by atoms with Gasteiger partial charge in [-0.1, -0.05) is 0 Å². The van der Waals surface area contributed by atoms with E-state index in [0.29, 0.717) is 5.69 Å². The first-order valence-electron chi connectivity index (χ1n) is 5.40. The molecule has 3 unspecified atom stereocenters. The van der Waals surface area contributed by atoms with Crippen LogP contribution in [0.5, 0.6) is 0 Å². The molecule has 1 aromatic heterocycles. The summed E-state index contributed by atoms with van der Waals surface area (Å²) in [7, 11) is 0. The predicted molar refractivity (Wildman–Crippen MR) is 59.1 cm³/mol. The molecule has 1 aliphatic rings. The van der Waals surface area contributed by atoms with Crippen molar-refractivity contribution < 1.29 is 20.1 Å². The van der Waals surface area contributed by atoms with Gasteiger partial charge in [-0.3, -0.25) is 14.3 Å². The Morgan fingerprint density at radius 3 is 2.56 bits per heavy atom. The maximum atomic E-state index is 11.7. The number of aryl methyl sites for hydroxylation is 1. The molecule has 0 amide bonds. The van der Waals surface area contributed by atoms with Gasteiger partial charge in [0.1, 0.15) is 18.3 Å². The highest BCUT2D eigenvalue weighted by Crippen LogP contribution is 2.28. The third-order valence-electron chi connectivity index (χ3n) is 2.94. The Kier molecular flexibility index (Phi) is 3.35. The number of hydrogen-bond acceptors (Lipinski definition) is 6. The molecule has 100 valence electrons. The summed E-state index contributed by atoms with van der Waals surface area (Å²) in [6.45, 7) is 1.03. The van der Waals surface area contributed by atoms with E-state index in [-0.39, 0.29) is 0 Å². The monoisotopic (exact) mass is 258 g/mol. The Morgan fingerprint density at radius 1 is 1.39 bits per heavy atom. The fourth-order valence-electron chi connectivity index (χ4n) is 2.03. The zero-order valence-electron chi connectivity index (χ0n) is 9.61. The highest BCUT2D eigenvalue weighted by atomic mass is 16.6. The Hall–Kier alpha value is -1.48. The van der Waals surface area contributed by atoms with Gasteiger partial charge >= 0.3 is 5.69 Å². The van der Waals surface area contributed by atoms with E-state index in [4.69, 9.17) is 9.84 Å². The Morgan fingerprint density at radius 2 is 2.06 bits per heavy atom. The maximum Gasteiger partial charge on any atom is 0.330 e. The lowest BCUT2D eigenvalue weighted by molar-refractivity contribution is -0.0559. The molecule has 1 aliphatic heterocycles. The van der Waals surface area contributed by atoms with Crippen LogP contribution in [0.1, 0.15) is 11.9 Å². The fourth-order valence-corrected chi connectivity index (χ4v) is 2.03. The van der Waals surface area contributed by atoms with E-state index >= 15 is 0 Å². The van der Waals surface area contributed by atoms with Crippen molar-refractivity contribution in [3.63, 3.8) is 0 Å². The number of nitrogens with zero attached hydrogens (tertiary/aromatic N) is 1. The number of H-pyrrole nitrogens is 1. The minimum absolute atomic E-state index is 0.290. The molecule has 1 saturated heterocycles. The third-order valence-corrected chi connectivity index (χ3v) is 2.94. The van der Waals surface area contributed by atoms with E-state index in [1.807, 2.05) is 4.98 Å². The summed E-state index contributed by atoms with van der Waals surface area (Å²) in [6, 6.07) is 1.18. The molecule has 0 bridgehead atoms. The van der Waals surface area contributed by atoms with Crippen LogP contribution in [-0.4, -0.2) is 49.8 Å². The SMILES string of the molecule is Cc1cc(=O)[nH]c(=O)n1C1O[C@H](CO)C(O)C1O. The third kappa shape index (κ3) is 1.99. The van der Waals surface area contributed by atoms with Gasteiger partial charge in [0, 0.05) is 11.8 Å². The van der Waals surface area contributed by atoms with Gasteiger partial charge < -0.3 is 20.1 Å². The Labute approximate surface area is 101 Å². The van der Waals surface area contributed by atoms with E-state index in [2.05, 4.69) is 0 Å². The van der Waals surface area contributed by atoms with E-state index in [0.717, 1.165) is 4.57 Å². The Bertz CT molecular complexity index is 550. The van der Waals surface area contributed by atoms with Crippen molar-refractivity contribution in [1.29, 1.82) is 0 Å². The fraction of sp³-hybridized carbons (Fsp3) is 0.600. The molecule has 0 aliphatic carbocycles. The number of nitrogens with one attached hydrogen (secondary N) is 1. The summed E-state index contributed by atoms with van der Waals surface area (Å²) < 4.78 is 6.25. The largest absolute Gasteiger partial charge is 0.394 e. The van der Waals surface area contributed by atoms with E-state index in [9.17, 15) is 19.8 Å². The van der Waals surface area contributed by atoms with E-state index < -0.39 is 42.4 Å². The van der Waals surface area contributed by atoms with Crippen molar-refractivity contribution in [3.8, 4) is 0 Å². The second-order valence-corrected chi connectivity index (χ2v) is 4.18. The normalized spacial score (nSPS) is 31.8. The molecule has 0 radical (unpaired) electrons. The number of aromatic amines is 1. The maximum absolute atomic E-state index is 11.7. The van der Waals surface area contributed by atoms with Crippen LogP contribution in [0.3, 0.4) is 0 Å². The summed E-state index contributed by atoms with van der Waals surface area (Å²) >= 11 is 0. The van der Waals surface area contributed by atoms with Crippen LogP contribution in [0.2, 0.25) is 0 Å². The summed E-state index contributed by atoms with van der Waals surface area (Å²) in [5.41, 5.74) is -1.01. The van der Waals surface area contributed by atoms with Crippen LogP contribution in [0.15, 0.2) is 15.7 Å². The quantitative estimate of drug-likeness (QED) is 0.463. The zero-order chi connectivity index (χ0) is 13.4. The first kappa shape index (κ1) is 13.0. The van der Waals surface area contributed by atoms with Gasteiger partial charge in [0.05, 0.1) is 6.61 Å². The first-order valence-corrected chi connectivity index (χ1v) is 5.40. The molecular formula is C10H14N2O6. The van der Waals surface area contributed by atoms with Gasteiger partial charge in [0.25, 0.3) is 5.56 Å². The van der Waals surface area contributed by atoms with Gasteiger partial charge in [-0.15, -0.1) is 0 Å². The van der Waals surface area contributed by atoms with Gasteiger partial charge in [0.15, 0.2) is 6.23 Å². The number of aromatic nitrogens is 2. The molecule has 0 spiro atoms. The van der Waals surface area contributed by atoms with Crippen LogP contribution >= 0.6 is 0 Å². The van der Waals surface area contributed by atoms with Crippen LogP contribution in [-0.2, 0) is 4.74 Å². The molecule has 18 heavy (non-hydrogen) atoms. The van der Waals surface area contributed by atoms with Gasteiger partial charge in [-0.05, 0) is 6.92 Å². The summed E-state index contributed by atoms with van der Waals surface area (Å²) in [5, 5.41) is 28.4. The molecule has 0 saturated carbocycles. The molecule has 8 heteroatoms. The molecule has 0 aromatic carbocycles. The minimum Gasteiger partial charge on any atom is -0.394 e. The van der Waals surface area contributed by atoms with Crippen molar-refractivity contribution in [2.45, 2.75) is 31.5 Å². The smallest absolute Gasteiger partial charge is 0.330 e. The van der Waals surface area contributed by atoms with Gasteiger partial charge in [0.2, 0.25) is 0 Å². The number of aliphatic hydroxyl groups excluding tert-OH is 3. The lowest BCUT2D eigenvalue weighted by Gasteiger charge is -2.19. The Balaban J connectivity index is 2.45.